The number of likely N-dealkylation sites (tertiary alicyclic amines) is 1. The van der Waals surface area contributed by atoms with Crippen molar-refractivity contribution in [3.05, 3.63) is 34.4 Å². The summed E-state index contributed by atoms with van der Waals surface area (Å²) < 4.78 is 5.22. The van der Waals surface area contributed by atoms with Gasteiger partial charge in [-0.2, -0.15) is 0 Å². The number of carbonyl (C=O) groups excluding carboxylic acids is 1. The normalized spacial score (nSPS) is 41.6. The minimum absolute atomic E-state index is 0.00429. The van der Waals surface area contributed by atoms with Gasteiger partial charge in [0.2, 0.25) is 5.91 Å². The van der Waals surface area contributed by atoms with Crippen LogP contribution in [0.15, 0.2) is 27.6 Å². The SMILES string of the molecule is C[C@]12CC[C@H](N(CCN3CCCC3=O)C(=O)O)C[C@H]1CC[C@@H]1[C@@H]2CC[C@]2(C)[C@@H](c3ccc(=O)oc3)CC[C@]12O. The van der Waals surface area contributed by atoms with Gasteiger partial charge in [-0.05, 0) is 105 Å². The van der Waals surface area contributed by atoms with E-state index in [-0.39, 0.29) is 40.2 Å². The van der Waals surface area contributed by atoms with E-state index in [4.69, 9.17) is 4.42 Å². The fourth-order valence-electron chi connectivity index (χ4n) is 10.2. The van der Waals surface area contributed by atoms with Crippen molar-refractivity contribution in [1.29, 1.82) is 0 Å². The van der Waals surface area contributed by atoms with Gasteiger partial charge >= 0.3 is 11.7 Å². The molecule has 5 fully saturated rings. The molecule has 214 valence electrons. The Hall–Kier alpha value is -2.35. The molecule has 2 heterocycles. The number of aliphatic hydroxyl groups is 1. The lowest BCUT2D eigenvalue weighted by molar-refractivity contribution is -0.203. The van der Waals surface area contributed by atoms with Crippen LogP contribution in [0.4, 0.5) is 4.79 Å². The molecule has 2 N–H and O–H groups in total. The number of carbonyl (C=O) groups is 2. The summed E-state index contributed by atoms with van der Waals surface area (Å²) in [6.07, 6.45) is 10.6. The Morgan fingerprint density at radius 2 is 1.90 bits per heavy atom. The average Bonchev–Trinajstić information content (AvgIpc) is 3.44. The zero-order chi connectivity index (χ0) is 27.6. The Balaban J connectivity index is 1.18. The second-order valence-electron chi connectivity index (χ2n) is 13.7. The first-order chi connectivity index (χ1) is 18.6. The van der Waals surface area contributed by atoms with Crippen LogP contribution in [0.2, 0.25) is 0 Å². The highest BCUT2D eigenvalue weighted by Crippen LogP contribution is 2.70. The first kappa shape index (κ1) is 26.9. The van der Waals surface area contributed by atoms with Crippen molar-refractivity contribution in [2.24, 2.45) is 28.6 Å². The fraction of sp³-hybridized carbons (Fsp3) is 0.774. The van der Waals surface area contributed by atoms with Crippen LogP contribution < -0.4 is 5.63 Å². The molecule has 0 spiro atoms. The van der Waals surface area contributed by atoms with Crippen LogP contribution in [-0.2, 0) is 4.79 Å². The van der Waals surface area contributed by atoms with Gasteiger partial charge in [0.05, 0.1) is 11.9 Å². The van der Waals surface area contributed by atoms with Crippen molar-refractivity contribution in [3.8, 4) is 0 Å². The quantitative estimate of drug-likeness (QED) is 0.552. The van der Waals surface area contributed by atoms with Gasteiger partial charge in [0.1, 0.15) is 0 Å². The molecule has 1 aliphatic heterocycles. The molecule has 8 nitrogen and oxygen atoms in total. The van der Waals surface area contributed by atoms with Gasteiger partial charge in [-0.1, -0.05) is 13.8 Å². The van der Waals surface area contributed by atoms with Crippen molar-refractivity contribution in [2.45, 2.75) is 102 Å². The molecule has 8 heteroatoms. The molecule has 8 atom stereocenters. The Bertz CT molecular complexity index is 1160. The van der Waals surface area contributed by atoms with Gasteiger partial charge in [0.15, 0.2) is 0 Å². The summed E-state index contributed by atoms with van der Waals surface area (Å²) in [6, 6.07) is 3.37. The lowest BCUT2D eigenvalue weighted by atomic mass is 9.43. The van der Waals surface area contributed by atoms with E-state index in [0.717, 1.165) is 76.3 Å². The standard InChI is InChI=1S/C31H44N2O6/c1-29-12-9-22(33(28(36)37)17-16-32-15-3-4-26(32)34)18-21(29)6-7-25-24(29)10-13-30(2)23(11-14-31(25,30)38)20-5-8-27(35)39-19-20/h5,8,19,21-25,38H,3-4,6-7,9-18H2,1-2H3,(H,36,37)/t21-,22+,23-,24+,25-,29+,30-,31+/m1/s1. The van der Waals surface area contributed by atoms with Crippen LogP contribution in [0.3, 0.4) is 0 Å². The highest BCUT2D eigenvalue weighted by atomic mass is 16.4. The minimum atomic E-state index is -0.875. The molecule has 2 amide bonds. The zero-order valence-electron chi connectivity index (χ0n) is 23.4. The van der Waals surface area contributed by atoms with Gasteiger partial charge in [-0.3, -0.25) is 4.79 Å². The van der Waals surface area contributed by atoms with Crippen LogP contribution in [0.5, 0.6) is 0 Å². The van der Waals surface area contributed by atoms with E-state index in [1.165, 1.54) is 6.07 Å². The maximum Gasteiger partial charge on any atom is 0.407 e. The molecule has 5 aliphatic rings. The van der Waals surface area contributed by atoms with E-state index in [0.29, 0.717) is 31.3 Å². The topological polar surface area (TPSA) is 111 Å². The minimum Gasteiger partial charge on any atom is -0.465 e. The van der Waals surface area contributed by atoms with Gasteiger partial charge < -0.3 is 24.4 Å². The Labute approximate surface area is 230 Å². The largest absolute Gasteiger partial charge is 0.465 e. The number of amides is 2. The van der Waals surface area contributed by atoms with Crippen LogP contribution in [-0.4, -0.2) is 63.3 Å². The molecule has 1 saturated heterocycles. The second-order valence-corrected chi connectivity index (χ2v) is 13.7. The second kappa shape index (κ2) is 9.64. The number of carboxylic acid groups (broad SMARTS) is 1. The molecule has 4 saturated carbocycles. The molecule has 39 heavy (non-hydrogen) atoms. The fourth-order valence-corrected chi connectivity index (χ4v) is 10.2. The first-order valence-electron chi connectivity index (χ1n) is 15.2. The molecule has 4 aliphatic carbocycles. The predicted molar refractivity (Wildman–Crippen MR) is 145 cm³/mol. The molecular weight excluding hydrogens is 496 g/mol. The summed E-state index contributed by atoms with van der Waals surface area (Å²) in [5.74, 6) is 1.44. The first-order valence-corrected chi connectivity index (χ1v) is 15.2. The van der Waals surface area contributed by atoms with E-state index in [1.54, 1.807) is 11.2 Å². The van der Waals surface area contributed by atoms with Crippen molar-refractivity contribution in [1.82, 2.24) is 9.80 Å². The predicted octanol–water partition coefficient (Wildman–Crippen LogP) is 4.85. The van der Waals surface area contributed by atoms with E-state index in [9.17, 15) is 24.6 Å². The third-order valence-corrected chi connectivity index (χ3v) is 12.4. The third-order valence-electron chi connectivity index (χ3n) is 12.4. The van der Waals surface area contributed by atoms with Crippen molar-refractivity contribution in [2.75, 3.05) is 19.6 Å². The lowest BCUT2D eigenvalue weighted by Gasteiger charge is -2.64. The van der Waals surface area contributed by atoms with Crippen LogP contribution >= 0.6 is 0 Å². The van der Waals surface area contributed by atoms with E-state index in [1.807, 2.05) is 11.0 Å². The van der Waals surface area contributed by atoms with Crippen LogP contribution in [0.25, 0.3) is 0 Å². The maximum absolute atomic E-state index is 12.5. The maximum atomic E-state index is 12.5. The highest BCUT2D eigenvalue weighted by Gasteiger charge is 2.67. The molecule has 1 aromatic rings. The van der Waals surface area contributed by atoms with Crippen LogP contribution in [0.1, 0.15) is 96.0 Å². The molecule has 0 bridgehead atoms. The third kappa shape index (κ3) is 4.15. The molecule has 1 aromatic heterocycles. The molecular formula is C31H44N2O6. The van der Waals surface area contributed by atoms with Crippen molar-refractivity contribution < 1.29 is 24.2 Å². The number of fused-ring (bicyclic) bond motifs is 5. The zero-order valence-corrected chi connectivity index (χ0v) is 23.4. The van der Waals surface area contributed by atoms with Crippen molar-refractivity contribution in [3.63, 3.8) is 0 Å². The number of nitrogens with zero attached hydrogens (tertiary/aromatic N) is 2. The lowest BCUT2D eigenvalue weighted by Crippen LogP contribution is -2.62. The van der Waals surface area contributed by atoms with E-state index in [2.05, 4.69) is 13.8 Å². The monoisotopic (exact) mass is 540 g/mol. The van der Waals surface area contributed by atoms with Gasteiger partial charge in [-0.15, -0.1) is 0 Å². The molecule has 0 radical (unpaired) electrons. The van der Waals surface area contributed by atoms with Gasteiger partial charge in [0, 0.05) is 43.6 Å². The van der Waals surface area contributed by atoms with Gasteiger partial charge in [0.25, 0.3) is 0 Å². The summed E-state index contributed by atoms with van der Waals surface area (Å²) in [5, 5.41) is 22.5. The summed E-state index contributed by atoms with van der Waals surface area (Å²) in [7, 11) is 0. The smallest absolute Gasteiger partial charge is 0.407 e. The van der Waals surface area contributed by atoms with E-state index < -0.39 is 11.7 Å². The number of hydrogen-bond acceptors (Lipinski definition) is 5. The summed E-state index contributed by atoms with van der Waals surface area (Å²) in [5.41, 5.74) is -0.202. The Kier molecular flexibility index (Phi) is 6.63. The Morgan fingerprint density at radius 1 is 1.08 bits per heavy atom. The summed E-state index contributed by atoms with van der Waals surface area (Å²) in [4.78, 5) is 39.3. The summed E-state index contributed by atoms with van der Waals surface area (Å²) in [6.45, 7) is 6.30. The van der Waals surface area contributed by atoms with E-state index >= 15 is 0 Å². The average molecular weight is 541 g/mol. The van der Waals surface area contributed by atoms with Gasteiger partial charge in [-0.25, -0.2) is 9.59 Å². The molecule has 0 aromatic carbocycles. The van der Waals surface area contributed by atoms with Crippen LogP contribution in [0, 0.1) is 28.6 Å². The molecule has 6 rings (SSSR count). The molecule has 0 unspecified atom stereocenters. The number of hydrogen-bond donors (Lipinski definition) is 2. The Morgan fingerprint density at radius 3 is 2.59 bits per heavy atom. The summed E-state index contributed by atoms with van der Waals surface area (Å²) >= 11 is 0. The van der Waals surface area contributed by atoms with Crippen molar-refractivity contribution >= 4 is 12.0 Å². The highest BCUT2D eigenvalue weighted by molar-refractivity contribution is 5.78. The number of rotatable bonds is 5.